The van der Waals surface area contributed by atoms with Gasteiger partial charge < -0.3 is 4.74 Å². The second-order valence-electron chi connectivity index (χ2n) is 5.86. The number of aromatic nitrogens is 3. The molecule has 0 atom stereocenters. The van der Waals surface area contributed by atoms with E-state index in [0.717, 1.165) is 19.0 Å². The lowest BCUT2D eigenvalue weighted by atomic mass is 10.0. The first kappa shape index (κ1) is 16.7. The Kier molecular flexibility index (Phi) is 4.11. The zero-order chi connectivity index (χ0) is 17.7. The van der Waals surface area contributed by atoms with E-state index in [1.165, 1.54) is 10.6 Å². The van der Waals surface area contributed by atoms with Gasteiger partial charge in [-0.3, -0.25) is 9.20 Å². The van der Waals surface area contributed by atoms with Crippen molar-refractivity contribution in [3.05, 3.63) is 56.2 Å². The highest BCUT2D eigenvalue weighted by Crippen LogP contribution is 2.42. The molecule has 0 radical (unpaired) electrons. The summed E-state index contributed by atoms with van der Waals surface area (Å²) in [6.45, 7) is 0. The van der Waals surface area contributed by atoms with Gasteiger partial charge in [-0.05, 0) is 56.8 Å². The van der Waals surface area contributed by atoms with Gasteiger partial charge in [0.05, 0.1) is 34.1 Å². The van der Waals surface area contributed by atoms with Crippen LogP contribution in [0.15, 0.2) is 33.5 Å². The molecule has 0 N–H and O–H groups in total. The predicted molar refractivity (Wildman–Crippen MR) is 96.7 cm³/mol. The maximum absolute atomic E-state index is 13.7. The van der Waals surface area contributed by atoms with Crippen LogP contribution in [0.4, 0.5) is 4.39 Å². The average molecular weight is 469 g/mol. The molecule has 25 heavy (non-hydrogen) atoms. The Morgan fingerprint density at radius 3 is 2.60 bits per heavy atom. The summed E-state index contributed by atoms with van der Waals surface area (Å²) in [6.07, 6.45) is 4.31. The van der Waals surface area contributed by atoms with Crippen LogP contribution >= 0.6 is 31.9 Å². The molecule has 5 nitrogen and oxygen atoms in total. The molecule has 4 rings (SSSR count). The van der Waals surface area contributed by atoms with Gasteiger partial charge in [-0.25, -0.2) is 14.4 Å². The van der Waals surface area contributed by atoms with E-state index in [2.05, 4.69) is 41.8 Å². The molecular weight excluding hydrogens is 457 g/mol. The van der Waals surface area contributed by atoms with Gasteiger partial charge >= 0.3 is 0 Å². The van der Waals surface area contributed by atoms with E-state index in [1.807, 2.05) is 0 Å². The Morgan fingerprint density at radius 2 is 2.00 bits per heavy atom. The van der Waals surface area contributed by atoms with Crippen LogP contribution in [0.3, 0.4) is 0 Å². The Bertz CT molecular complexity index is 992. The van der Waals surface area contributed by atoms with Crippen molar-refractivity contribution in [2.45, 2.75) is 18.8 Å². The van der Waals surface area contributed by atoms with Crippen LogP contribution in [0, 0.1) is 5.82 Å². The molecule has 0 aliphatic heterocycles. The van der Waals surface area contributed by atoms with Crippen LogP contribution < -0.4 is 4.74 Å². The van der Waals surface area contributed by atoms with Crippen LogP contribution in [0.2, 0.25) is 0 Å². The van der Waals surface area contributed by atoms with Gasteiger partial charge in [0, 0.05) is 11.5 Å². The minimum absolute atomic E-state index is 0.230. The molecule has 1 fully saturated rings. The van der Waals surface area contributed by atoms with Gasteiger partial charge in [-0.1, -0.05) is 0 Å². The zero-order valence-corrected chi connectivity index (χ0v) is 16.3. The van der Waals surface area contributed by atoms with Gasteiger partial charge in [-0.2, -0.15) is 0 Å². The van der Waals surface area contributed by atoms with Crippen molar-refractivity contribution in [3.8, 4) is 5.75 Å². The Labute approximate surface area is 159 Å². The molecule has 2 aromatic heterocycles. The van der Waals surface area contributed by atoms with Crippen molar-refractivity contribution in [1.29, 1.82) is 0 Å². The number of carbonyl (C=O) groups excluding carboxylic acids is 1. The summed E-state index contributed by atoms with van der Waals surface area (Å²) >= 11 is 6.82. The topological polar surface area (TPSA) is 56.5 Å². The molecule has 1 aliphatic carbocycles. The number of nitrogens with zero attached hydrogens (tertiary/aromatic N) is 3. The van der Waals surface area contributed by atoms with Gasteiger partial charge in [0.25, 0.3) is 0 Å². The predicted octanol–water partition coefficient (Wildman–Crippen LogP) is 4.51. The number of imidazole rings is 1. The van der Waals surface area contributed by atoms with Crippen LogP contribution in [0.1, 0.15) is 40.5 Å². The van der Waals surface area contributed by atoms with Crippen molar-refractivity contribution in [3.63, 3.8) is 0 Å². The van der Waals surface area contributed by atoms with Gasteiger partial charge in [0.1, 0.15) is 11.4 Å². The number of hydrogen-bond donors (Lipinski definition) is 0. The highest BCUT2D eigenvalue weighted by Gasteiger charge is 2.33. The molecule has 0 unspecified atom stereocenters. The van der Waals surface area contributed by atoms with E-state index < -0.39 is 5.82 Å². The fourth-order valence-electron chi connectivity index (χ4n) is 2.82. The zero-order valence-electron chi connectivity index (χ0n) is 13.1. The van der Waals surface area contributed by atoms with E-state index in [9.17, 15) is 9.18 Å². The van der Waals surface area contributed by atoms with Crippen molar-refractivity contribution in [2.24, 2.45) is 0 Å². The first-order valence-electron chi connectivity index (χ1n) is 7.61. The molecule has 0 spiro atoms. The lowest BCUT2D eigenvalue weighted by molar-refractivity contribution is 0.103. The summed E-state index contributed by atoms with van der Waals surface area (Å²) in [7, 11) is 1.55. The highest BCUT2D eigenvalue weighted by atomic mass is 79.9. The fraction of sp³-hybridized carbons (Fsp3) is 0.235. The summed E-state index contributed by atoms with van der Waals surface area (Å²) < 4.78 is 21.7. The lowest BCUT2D eigenvalue weighted by Crippen LogP contribution is -2.09. The Hall–Kier alpha value is -1.80. The number of carbonyl (C=O) groups is 1. The minimum Gasteiger partial charge on any atom is -0.494 e. The molecule has 0 bridgehead atoms. The maximum Gasteiger partial charge on any atom is 0.234 e. The standard InChI is InChI=1S/C17H12Br2FN3O2/c1-25-16-11(18)4-9(5-12(16)19)15(24)14-13(8-2-3-8)22-17-21-6-10(20)7-23(14)17/h4-8H,2-3H2,1H3. The van der Waals surface area contributed by atoms with Crippen LogP contribution in [-0.2, 0) is 0 Å². The van der Waals surface area contributed by atoms with E-state index in [1.54, 1.807) is 19.2 Å². The number of hydrogen-bond acceptors (Lipinski definition) is 4. The molecule has 2 heterocycles. The van der Waals surface area contributed by atoms with Crippen molar-refractivity contribution in [1.82, 2.24) is 14.4 Å². The second kappa shape index (κ2) is 6.17. The van der Waals surface area contributed by atoms with Crippen molar-refractivity contribution >= 4 is 43.4 Å². The van der Waals surface area contributed by atoms with E-state index >= 15 is 0 Å². The van der Waals surface area contributed by atoms with Crippen molar-refractivity contribution in [2.75, 3.05) is 7.11 Å². The lowest BCUT2D eigenvalue weighted by Gasteiger charge is -2.09. The van der Waals surface area contributed by atoms with E-state index in [0.29, 0.717) is 37.4 Å². The largest absolute Gasteiger partial charge is 0.494 e. The molecule has 0 saturated heterocycles. The number of benzene rings is 1. The third-order valence-electron chi connectivity index (χ3n) is 4.12. The molecule has 1 aromatic carbocycles. The molecule has 1 aliphatic rings. The summed E-state index contributed by atoms with van der Waals surface area (Å²) in [6, 6.07) is 3.38. The summed E-state index contributed by atoms with van der Waals surface area (Å²) in [4.78, 5) is 21.7. The molecule has 3 aromatic rings. The monoisotopic (exact) mass is 467 g/mol. The molecular formula is C17H12Br2FN3O2. The maximum atomic E-state index is 13.7. The Balaban J connectivity index is 1.90. The third-order valence-corrected chi connectivity index (χ3v) is 5.30. The normalized spacial score (nSPS) is 14.1. The first-order chi connectivity index (χ1) is 12.0. The quantitative estimate of drug-likeness (QED) is 0.528. The number of methoxy groups -OCH3 is 1. The molecule has 1 saturated carbocycles. The minimum atomic E-state index is -0.515. The Morgan fingerprint density at radius 1 is 1.32 bits per heavy atom. The second-order valence-corrected chi connectivity index (χ2v) is 7.57. The summed E-state index contributed by atoms with van der Waals surface area (Å²) in [5.41, 5.74) is 1.51. The fourth-order valence-corrected chi connectivity index (χ4v) is 4.33. The SMILES string of the molecule is COc1c(Br)cc(C(=O)c2c(C3CC3)nc3ncc(F)cn23)cc1Br. The smallest absolute Gasteiger partial charge is 0.234 e. The van der Waals surface area contributed by atoms with Crippen molar-refractivity contribution < 1.29 is 13.9 Å². The molecule has 0 amide bonds. The molecule has 128 valence electrons. The number of fused-ring (bicyclic) bond motifs is 1. The van der Waals surface area contributed by atoms with Gasteiger partial charge in [-0.15, -0.1) is 0 Å². The van der Waals surface area contributed by atoms with E-state index in [4.69, 9.17) is 4.74 Å². The summed E-state index contributed by atoms with van der Waals surface area (Å²) in [5.74, 6) is 0.418. The third kappa shape index (κ3) is 2.87. The van der Waals surface area contributed by atoms with Crippen LogP contribution in [0.5, 0.6) is 5.75 Å². The number of halogens is 3. The number of ether oxygens (including phenoxy) is 1. The van der Waals surface area contributed by atoms with Crippen LogP contribution in [-0.4, -0.2) is 27.3 Å². The summed E-state index contributed by atoms with van der Waals surface area (Å²) in [5, 5.41) is 0. The molecule has 8 heteroatoms. The highest BCUT2D eigenvalue weighted by molar-refractivity contribution is 9.11. The van der Waals surface area contributed by atoms with E-state index in [-0.39, 0.29) is 11.7 Å². The average Bonchev–Trinajstić information content (AvgIpc) is 3.35. The number of rotatable bonds is 4. The van der Waals surface area contributed by atoms with Crippen LogP contribution in [0.25, 0.3) is 5.78 Å². The number of ketones is 1. The van der Waals surface area contributed by atoms with Gasteiger partial charge in [0.2, 0.25) is 11.6 Å². The van der Waals surface area contributed by atoms with Gasteiger partial charge in [0.15, 0.2) is 5.82 Å². The first-order valence-corrected chi connectivity index (χ1v) is 9.19.